The third kappa shape index (κ3) is 4.85. The number of nitrogens with one attached hydrogen (secondary N) is 2. The first-order valence-corrected chi connectivity index (χ1v) is 6.79. The highest BCUT2D eigenvalue weighted by Crippen LogP contribution is 2.36. The number of urea groups is 1. The van der Waals surface area contributed by atoms with Crippen molar-refractivity contribution in [1.29, 1.82) is 0 Å². The molecule has 122 valence electrons. The molecule has 23 heavy (non-hydrogen) atoms. The standard InChI is InChI=1S/C15H11ClF4N2O/c16-13-5-4-11(7-12(13)15(18,19)20)22-14(23)21-8-9-2-1-3-10(17)6-9/h1-7H,8H2,(H2,21,22,23). The third-order valence-electron chi connectivity index (χ3n) is 2.87. The Hall–Kier alpha value is -2.28. The molecule has 2 N–H and O–H groups in total. The number of alkyl halides is 3. The molecule has 0 heterocycles. The van der Waals surface area contributed by atoms with Gasteiger partial charge >= 0.3 is 12.2 Å². The molecule has 0 aromatic heterocycles. The quantitative estimate of drug-likeness (QED) is 0.769. The molecule has 3 nitrogen and oxygen atoms in total. The molecule has 0 atom stereocenters. The zero-order valence-corrected chi connectivity index (χ0v) is 12.3. The van der Waals surface area contributed by atoms with Gasteiger partial charge in [-0.05, 0) is 35.9 Å². The molecule has 0 aliphatic rings. The maximum Gasteiger partial charge on any atom is 0.417 e. The van der Waals surface area contributed by atoms with Crippen molar-refractivity contribution in [1.82, 2.24) is 5.32 Å². The molecule has 0 radical (unpaired) electrons. The zero-order valence-electron chi connectivity index (χ0n) is 11.5. The van der Waals surface area contributed by atoms with Crippen molar-refractivity contribution >= 4 is 23.3 Å². The van der Waals surface area contributed by atoms with Gasteiger partial charge in [0.05, 0.1) is 10.6 Å². The Morgan fingerprint density at radius 2 is 1.87 bits per heavy atom. The fourth-order valence-electron chi connectivity index (χ4n) is 1.82. The third-order valence-corrected chi connectivity index (χ3v) is 3.20. The van der Waals surface area contributed by atoms with E-state index in [0.717, 1.165) is 12.1 Å². The number of hydrogen-bond donors (Lipinski definition) is 2. The molecule has 8 heteroatoms. The number of amides is 2. The smallest absolute Gasteiger partial charge is 0.334 e. The molecule has 0 spiro atoms. The maximum absolute atomic E-state index is 13.0. The predicted octanol–water partition coefficient (Wildman–Crippen LogP) is 4.82. The summed E-state index contributed by atoms with van der Waals surface area (Å²) in [5, 5.41) is 4.23. The summed E-state index contributed by atoms with van der Waals surface area (Å²) < 4.78 is 51.2. The Morgan fingerprint density at radius 1 is 1.13 bits per heavy atom. The number of carbonyl (C=O) groups excluding carboxylic acids is 1. The largest absolute Gasteiger partial charge is 0.417 e. The van der Waals surface area contributed by atoms with Crippen molar-refractivity contribution in [2.75, 3.05) is 5.32 Å². The van der Waals surface area contributed by atoms with Gasteiger partial charge in [-0.2, -0.15) is 13.2 Å². The predicted molar refractivity (Wildman–Crippen MR) is 78.7 cm³/mol. The van der Waals surface area contributed by atoms with E-state index in [4.69, 9.17) is 11.6 Å². The summed E-state index contributed by atoms with van der Waals surface area (Å²) in [5.41, 5.74) is -0.576. The maximum atomic E-state index is 13.0. The van der Waals surface area contributed by atoms with Crippen LogP contribution in [0, 0.1) is 5.82 Å². The lowest BCUT2D eigenvalue weighted by molar-refractivity contribution is -0.137. The topological polar surface area (TPSA) is 41.1 Å². The minimum Gasteiger partial charge on any atom is -0.334 e. The molecule has 0 fully saturated rings. The minimum absolute atomic E-state index is 0.0311. The van der Waals surface area contributed by atoms with Gasteiger partial charge in [-0.25, -0.2) is 9.18 Å². The second-order valence-electron chi connectivity index (χ2n) is 4.63. The van der Waals surface area contributed by atoms with E-state index in [9.17, 15) is 22.4 Å². The first kappa shape index (κ1) is 17.1. The Balaban J connectivity index is 2.00. The van der Waals surface area contributed by atoms with Gasteiger partial charge < -0.3 is 10.6 Å². The van der Waals surface area contributed by atoms with Crippen LogP contribution in [0.3, 0.4) is 0 Å². The van der Waals surface area contributed by atoms with Gasteiger partial charge in [-0.1, -0.05) is 23.7 Å². The van der Waals surface area contributed by atoms with E-state index in [1.807, 2.05) is 0 Å². The number of hydrogen-bond acceptors (Lipinski definition) is 1. The van der Waals surface area contributed by atoms with Gasteiger partial charge in [-0.3, -0.25) is 0 Å². The number of carbonyl (C=O) groups is 1. The second-order valence-corrected chi connectivity index (χ2v) is 5.04. The normalized spacial score (nSPS) is 11.2. The van der Waals surface area contributed by atoms with E-state index in [0.29, 0.717) is 5.56 Å². The van der Waals surface area contributed by atoms with Gasteiger partial charge in [0.2, 0.25) is 0 Å². The van der Waals surface area contributed by atoms with Crippen molar-refractivity contribution in [3.8, 4) is 0 Å². The monoisotopic (exact) mass is 346 g/mol. The van der Waals surface area contributed by atoms with Crippen LogP contribution in [0.2, 0.25) is 5.02 Å². The summed E-state index contributed by atoms with van der Waals surface area (Å²) in [6.07, 6.45) is -4.62. The van der Waals surface area contributed by atoms with E-state index in [2.05, 4.69) is 10.6 Å². The van der Waals surface area contributed by atoms with Gasteiger partial charge in [-0.15, -0.1) is 0 Å². The van der Waals surface area contributed by atoms with Crippen LogP contribution in [0.5, 0.6) is 0 Å². The van der Waals surface area contributed by atoms with Gasteiger partial charge in [0.1, 0.15) is 5.82 Å². The molecular formula is C15H11ClF4N2O. The first-order valence-electron chi connectivity index (χ1n) is 6.42. The number of benzene rings is 2. The molecule has 2 rings (SSSR count). The summed E-state index contributed by atoms with van der Waals surface area (Å²) in [6.45, 7) is 0.0311. The Bertz CT molecular complexity index is 719. The van der Waals surface area contributed by atoms with Crippen molar-refractivity contribution in [3.63, 3.8) is 0 Å². The van der Waals surface area contributed by atoms with Gasteiger partial charge in [0, 0.05) is 12.2 Å². The Labute approximate surface area is 134 Å². The number of halogens is 5. The Morgan fingerprint density at radius 3 is 2.52 bits per heavy atom. The lowest BCUT2D eigenvalue weighted by atomic mass is 10.2. The van der Waals surface area contributed by atoms with Crippen LogP contribution >= 0.6 is 11.6 Å². The van der Waals surface area contributed by atoms with Crippen molar-refractivity contribution in [2.45, 2.75) is 12.7 Å². The van der Waals surface area contributed by atoms with Crippen LogP contribution < -0.4 is 10.6 Å². The molecule has 0 bridgehead atoms. The summed E-state index contributed by atoms with van der Waals surface area (Å²) in [7, 11) is 0. The lowest BCUT2D eigenvalue weighted by Gasteiger charge is -2.12. The average molecular weight is 347 g/mol. The molecular weight excluding hydrogens is 336 g/mol. The highest BCUT2D eigenvalue weighted by Gasteiger charge is 2.33. The summed E-state index contributed by atoms with van der Waals surface area (Å²) in [4.78, 5) is 11.7. The number of anilines is 1. The molecule has 0 aliphatic heterocycles. The fourth-order valence-corrected chi connectivity index (χ4v) is 2.05. The molecule has 2 aromatic rings. The molecule has 0 unspecified atom stereocenters. The SMILES string of the molecule is O=C(NCc1cccc(F)c1)Nc1ccc(Cl)c(C(F)(F)F)c1. The van der Waals surface area contributed by atoms with Crippen LogP contribution in [0.25, 0.3) is 0 Å². The average Bonchev–Trinajstić information content (AvgIpc) is 2.46. The van der Waals surface area contributed by atoms with Crippen molar-refractivity contribution < 1.29 is 22.4 Å². The van der Waals surface area contributed by atoms with Crippen LogP contribution in [0.15, 0.2) is 42.5 Å². The fraction of sp³-hybridized carbons (Fsp3) is 0.133. The van der Waals surface area contributed by atoms with Crippen LogP contribution in [0.1, 0.15) is 11.1 Å². The van der Waals surface area contributed by atoms with Gasteiger partial charge in [0.25, 0.3) is 0 Å². The van der Waals surface area contributed by atoms with E-state index >= 15 is 0 Å². The van der Waals surface area contributed by atoms with E-state index in [1.165, 1.54) is 24.3 Å². The molecule has 2 amide bonds. The Kier molecular flexibility index (Phi) is 5.10. The van der Waals surface area contributed by atoms with Crippen molar-refractivity contribution in [2.24, 2.45) is 0 Å². The number of rotatable bonds is 3. The van der Waals surface area contributed by atoms with Crippen LogP contribution in [0.4, 0.5) is 28.0 Å². The summed E-state index contributed by atoms with van der Waals surface area (Å²) in [5.74, 6) is -0.447. The zero-order chi connectivity index (χ0) is 17.0. The lowest BCUT2D eigenvalue weighted by Crippen LogP contribution is -2.28. The van der Waals surface area contributed by atoms with Crippen LogP contribution in [-0.2, 0) is 12.7 Å². The van der Waals surface area contributed by atoms with Gasteiger partial charge in [0.15, 0.2) is 0 Å². The molecule has 0 saturated heterocycles. The van der Waals surface area contributed by atoms with E-state index in [-0.39, 0.29) is 12.2 Å². The van der Waals surface area contributed by atoms with E-state index in [1.54, 1.807) is 6.07 Å². The molecule has 2 aromatic carbocycles. The van der Waals surface area contributed by atoms with Crippen LogP contribution in [-0.4, -0.2) is 6.03 Å². The minimum atomic E-state index is -4.62. The summed E-state index contributed by atoms with van der Waals surface area (Å²) in [6, 6.07) is 7.91. The highest BCUT2D eigenvalue weighted by atomic mass is 35.5. The molecule has 0 saturated carbocycles. The highest BCUT2D eigenvalue weighted by molar-refractivity contribution is 6.31. The van der Waals surface area contributed by atoms with Crippen molar-refractivity contribution in [3.05, 3.63) is 64.4 Å². The summed E-state index contributed by atoms with van der Waals surface area (Å²) >= 11 is 5.49. The van der Waals surface area contributed by atoms with E-state index < -0.39 is 28.6 Å². The first-order chi connectivity index (χ1) is 10.8. The second kappa shape index (κ2) is 6.87. The molecule has 0 aliphatic carbocycles.